The van der Waals surface area contributed by atoms with Gasteiger partial charge in [-0.2, -0.15) is 0 Å². The molecule has 21 heavy (non-hydrogen) atoms. The Hall–Kier alpha value is -1.05. The standard InChI is InChI=1S/C18H9P3/c1-2-8-14-13-7(1)19-9-3-4-11-17(15(9)13)18-12(21-11)6-5-10(20-8)16(14)18/h1-6,19-21H/p+3. The van der Waals surface area contributed by atoms with Gasteiger partial charge in [0.2, 0.25) is 0 Å². The van der Waals surface area contributed by atoms with E-state index in [-0.39, 0.29) is 0 Å². The number of benzene rings is 4. The number of rotatable bonds is 0. The van der Waals surface area contributed by atoms with Gasteiger partial charge >= 0.3 is 0 Å². The maximum atomic E-state index is 2.45. The first-order valence-electron chi connectivity index (χ1n) is 7.46. The first kappa shape index (κ1) is 10.6. The Morgan fingerprint density at radius 1 is 0.333 bits per heavy atom. The largest absolute Gasteiger partial charge is 0.103 e. The van der Waals surface area contributed by atoms with Crippen LogP contribution in [0.1, 0.15) is 0 Å². The molecule has 3 aliphatic rings. The van der Waals surface area contributed by atoms with Crippen molar-refractivity contribution in [1.82, 2.24) is 0 Å². The minimum atomic E-state index is 0.312. The summed E-state index contributed by atoms with van der Waals surface area (Å²) in [5.41, 5.74) is 0. The topological polar surface area (TPSA) is 0 Å². The van der Waals surface area contributed by atoms with Crippen molar-refractivity contribution in [3.05, 3.63) is 36.4 Å². The summed E-state index contributed by atoms with van der Waals surface area (Å²) >= 11 is 0. The summed E-state index contributed by atoms with van der Waals surface area (Å²) in [4.78, 5) is 0. The molecule has 3 heteroatoms. The zero-order chi connectivity index (χ0) is 13.3. The van der Waals surface area contributed by atoms with Gasteiger partial charge < -0.3 is 0 Å². The normalized spacial score (nSPS) is 19.4. The van der Waals surface area contributed by atoms with Crippen LogP contribution in [0.25, 0.3) is 32.3 Å². The van der Waals surface area contributed by atoms with E-state index in [1.54, 1.807) is 64.1 Å². The van der Waals surface area contributed by atoms with E-state index in [1.807, 2.05) is 0 Å². The van der Waals surface area contributed by atoms with E-state index < -0.39 is 0 Å². The third-order valence-corrected chi connectivity index (χ3v) is 10.2. The molecule has 0 saturated heterocycles. The minimum absolute atomic E-state index is 0.312. The van der Waals surface area contributed by atoms with Crippen LogP contribution in [0.2, 0.25) is 0 Å². The minimum Gasteiger partial charge on any atom is -0.0151 e. The van der Waals surface area contributed by atoms with E-state index in [9.17, 15) is 0 Å². The molecule has 96 valence electrons. The third kappa shape index (κ3) is 0.996. The van der Waals surface area contributed by atoms with Crippen molar-refractivity contribution < 1.29 is 0 Å². The Balaban J connectivity index is 2.04. The van der Waals surface area contributed by atoms with Crippen LogP contribution in [0.4, 0.5) is 0 Å². The fourth-order valence-corrected chi connectivity index (χ4v) is 9.50. The predicted molar refractivity (Wildman–Crippen MR) is 106 cm³/mol. The van der Waals surface area contributed by atoms with E-state index in [0.29, 0.717) is 25.7 Å². The lowest BCUT2D eigenvalue weighted by Crippen LogP contribution is -2.02. The van der Waals surface area contributed by atoms with E-state index in [0.717, 1.165) is 0 Å². The summed E-state index contributed by atoms with van der Waals surface area (Å²) in [5, 5.41) is 19.9. The van der Waals surface area contributed by atoms with Crippen LogP contribution in [0.15, 0.2) is 36.4 Å². The molecular formula is C18H12P3+3. The Morgan fingerprint density at radius 2 is 0.524 bits per heavy atom. The Bertz CT molecular complexity index is 932. The molecule has 4 aromatic rings. The molecule has 0 unspecified atom stereocenters. The lowest BCUT2D eigenvalue weighted by Gasteiger charge is -2.02. The van der Waals surface area contributed by atoms with Gasteiger partial charge in [-0.25, -0.2) is 0 Å². The van der Waals surface area contributed by atoms with Crippen LogP contribution >= 0.6 is 25.7 Å². The molecular weight excluding hydrogens is 309 g/mol. The van der Waals surface area contributed by atoms with Gasteiger partial charge in [0.05, 0.1) is 25.7 Å². The first-order valence-corrected chi connectivity index (χ1v) is 10.9. The van der Waals surface area contributed by atoms with Gasteiger partial charge in [0.1, 0.15) is 31.8 Å². The Morgan fingerprint density at radius 3 is 0.714 bits per heavy atom. The second-order valence-corrected chi connectivity index (χ2v) is 11.0. The molecule has 0 fully saturated rings. The highest BCUT2D eigenvalue weighted by molar-refractivity contribution is 7.61. The number of hydrogen-bond donors (Lipinski definition) is 0. The molecule has 0 aromatic heterocycles. The average Bonchev–Trinajstić information content (AvgIpc) is 3.14. The zero-order valence-corrected chi connectivity index (χ0v) is 14.7. The summed E-state index contributed by atoms with van der Waals surface area (Å²) in [5.74, 6) is 0. The highest BCUT2D eigenvalue weighted by Crippen LogP contribution is 2.46. The molecule has 0 saturated carbocycles. The van der Waals surface area contributed by atoms with Crippen molar-refractivity contribution in [2.75, 3.05) is 0 Å². The van der Waals surface area contributed by atoms with Gasteiger partial charge in [-0.05, 0) is 36.4 Å². The summed E-state index contributed by atoms with van der Waals surface area (Å²) in [6.07, 6.45) is 0. The van der Waals surface area contributed by atoms with Crippen LogP contribution in [0, 0.1) is 0 Å². The van der Waals surface area contributed by atoms with Crippen LogP contribution in [0.5, 0.6) is 0 Å². The van der Waals surface area contributed by atoms with Crippen molar-refractivity contribution in [2.24, 2.45) is 0 Å². The van der Waals surface area contributed by atoms with Gasteiger partial charge in [0.15, 0.2) is 0 Å². The van der Waals surface area contributed by atoms with Crippen molar-refractivity contribution in [3.63, 3.8) is 0 Å². The maximum absolute atomic E-state index is 2.45. The molecule has 4 aromatic carbocycles. The molecule has 3 heterocycles. The van der Waals surface area contributed by atoms with Gasteiger partial charge in [-0.1, -0.05) is 0 Å². The molecule has 0 amide bonds. The SMILES string of the molecule is c1cc2c3c4c1[PH2+]c1ccc5c(c14)c1c(ccc(c31)[PH2+]2)[PH2+]5. The van der Waals surface area contributed by atoms with Crippen LogP contribution in [-0.4, -0.2) is 0 Å². The fraction of sp³-hybridized carbons (Fsp3) is 0. The van der Waals surface area contributed by atoms with Crippen molar-refractivity contribution >= 4 is 89.9 Å². The molecule has 7 rings (SSSR count). The second-order valence-electron chi connectivity index (χ2n) is 6.42. The lowest BCUT2D eigenvalue weighted by atomic mass is 9.95. The fourth-order valence-electron chi connectivity index (χ4n) is 4.75. The monoisotopic (exact) mass is 321 g/mol. The summed E-state index contributed by atoms with van der Waals surface area (Å²) in [7, 11) is 0.936. The summed E-state index contributed by atoms with van der Waals surface area (Å²) in [6.45, 7) is 0. The molecule has 0 bridgehead atoms. The zero-order valence-electron chi connectivity index (χ0n) is 11.2. The first-order chi connectivity index (χ1) is 10.4. The van der Waals surface area contributed by atoms with E-state index in [4.69, 9.17) is 0 Å². The predicted octanol–water partition coefficient (Wildman–Crippen LogP) is 1.17. The van der Waals surface area contributed by atoms with Gasteiger partial charge in [-0.3, -0.25) is 0 Å². The van der Waals surface area contributed by atoms with Crippen molar-refractivity contribution in [1.29, 1.82) is 0 Å². The maximum Gasteiger partial charge on any atom is 0.103 e. The number of hydrogen-bond acceptors (Lipinski definition) is 0. The van der Waals surface area contributed by atoms with Crippen LogP contribution in [-0.2, 0) is 0 Å². The van der Waals surface area contributed by atoms with Gasteiger partial charge in [-0.15, -0.1) is 0 Å². The van der Waals surface area contributed by atoms with E-state index >= 15 is 0 Å². The van der Waals surface area contributed by atoms with Crippen LogP contribution in [0.3, 0.4) is 0 Å². The molecule has 0 nitrogen and oxygen atoms in total. The van der Waals surface area contributed by atoms with Gasteiger partial charge in [0.25, 0.3) is 0 Å². The van der Waals surface area contributed by atoms with Crippen molar-refractivity contribution in [2.45, 2.75) is 0 Å². The summed E-state index contributed by atoms with van der Waals surface area (Å²) in [6, 6.07) is 14.7. The molecule has 0 atom stereocenters. The molecule has 0 spiro atoms. The highest BCUT2D eigenvalue weighted by Gasteiger charge is 2.38. The Labute approximate surface area is 126 Å². The van der Waals surface area contributed by atoms with E-state index in [2.05, 4.69) is 36.4 Å². The third-order valence-electron chi connectivity index (χ3n) is 5.49. The Kier molecular flexibility index (Phi) is 1.60. The van der Waals surface area contributed by atoms with Crippen LogP contribution < -0.4 is 31.8 Å². The van der Waals surface area contributed by atoms with Gasteiger partial charge in [0, 0.05) is 32.3 Å². The second kappa shape index (κ2) is 3.16. The smallest absolute Gasteiger partial charge is 0.0151 e. The lowest BCUT2D eigenvalue weighted by molar-refractivity contribution is 1.97. The van der Waals surface area contributed by atoms with E-state index in [1.165, 1.54) is 0 Å². The molecule has 0 N–H and O–H groups in total. The highest BCUT2D eigenvalue weighted by atomic mass is 31.1. The quantitative estimate of drug-likeness (QED) is 0.291. The summed E-state index contributed by atoms with van der Waals surface area (Å²) < 4.78 is 0. The molecule has 0 radical (unpaired) electrons. The average molecular weight is 321 g/mol. The van der Waals surface area contributed by atoms with Crippen molar-refractivity contribution in [3.8, 4) is 0 Å². The molecule has 3 aliphatic heterocycles. The molecule has 0 aliphatic carbocycles.